The van der Waals surface area contributed by atoms with Crippen LogP contribution in [-0.4, -0.2) is 49.8 Å². The van der Waals surface area contributed by atoms with E-state index >= 15 is 0 Å². The third-order valence-corrected chi connectivity index (χ3v) is 6.48. The minimum Gasteiger partial charge on any atom is -0.465 e. The summed E-state index contributed by atoms with van der Waals surface area (Å²) in [7, 11) is -3.95. The van der Waals surface area contributed by atoms with Gasteiger partial charge in [0.15, 0.2) is 0 Å². The zero-order valence-electron chi connectivity index (χ0n) is 15.2. The van der Waals surface area contributed by atoms with E-state index < -0.39 is 22.3 Å². The summed E-state index contributed by atoms with van der Waals surface area (Å²) in [6, 6.07) is 13.5. The van der Waals surface area contributed by atoms with Crippen LogP contribution >= 0.6 is 15.9 Å². The topological polar surface area (TPSA) is 95.9 Å². The number of aryl methyl sites for hydroxylation is 1. The van der Waals surface area contributed by atoms with E-state index in [0.29, 0.717) is 13.0 Å². The zero-order chi connectivity index (χ0) is 20.3. The fourth-order valence-electron chi connectivity index (χ4n) is 3.11. The van der Waals surface area contributed by atoms with Crippen LogP contribution in [0, 0.1) is 6.92 Å². The van der Waals surface area contributed by atoms with Crippen molar-refractivity contribution >= 4 is 37.8 Å². The van der Waals surface area contributed by atoms with E-state index in [1.807, 2.05) is 31.2 Å². The van der Waals surface area contributed by atoms with Gasteiger partial charge in [-0.1, -0.05) is 33.6 Å². The molecule has 2 N–H and O–H groups in total. The highest BCUT2D eigenvalue weighted by atomic mass is 79.9. The van der Waals surface area contributed by atoms with Crippen LogP contribution in [0.15, 0.2) is 57.9 Å². The van der Waals surface area contributed by atoms with E-state index in [2.05, 4.69) is 21.2 Å². The molecule has 1 heterocycles. The Bertz CT molecular complexity index is 932. The molecule has 1 saturated heterocycles. The lowest BCUT2D eigenvalue weighted by atomic mass is 10.2. The van der Waals surface area contributed by atoms with Gasteiger partial charge in [-0.25, -0.2) is 4.79 Å². The predicted molar refractivity (Wildman–Crippen MR) is 109 cm³/mol. The fourth-order valence-corrected chi connectivity index (χ4v) is 4.46. The number of hydrogen-bond acceptors (Lipinski definition) is 5. The van der Waals surface area contributed by atoms with Crippen molar-refractivity contribution in [3.63, 3.8) is 0 Å². The summed E-state index contributed by atoms with van der Waals surface area (Å²) in [6.07, 6.45) is -1.53. The molecule has 1 fully saturated rings. The lowest BCUT2D eigenvalue weighted by Gasteiger charge is -2.21. The lowest BCUT2D eigenvalue weighted by molar-refractivity contribution is 0.136. The number of amides is 1. The molecule has 1 amide bonds. The van der Waals surface area contributed by atoms with E-state index in [1.54, 1.807) is 12.1 Å². The smallest absolute Gasteiger partial charge is 0.407 e. The highest BCUT2D eigenvalue weighted by Gasteiger charge is 2.38. The van der Waals surface area contributed by atoms with Crippen molar-refractivity contribution in [1.29, 1.82) is 0 Å². The standard InChI is InChI=1S/C19H21BrN2O5S/c1-13-2-8-18(9-3-13)28(25,26)27-17-10-16(22(12-17)19(23)24)11-21-15-6-4-14(20)5-7-15/h2-9,16-17,21H,10-12H2,1H3,(H,23,24). The average Bonchev–Trinajstić information content (AvgIpc) is 3.04. The number of carboxylic acid groups (broad SMARTS) is 1. The number of hydrogen-bond donors (Lipinski definition) is 2. The second kappa shape index (κ2) is 8.50. The number of rotatable bonds is 6. The number of anilines is 1. The molecule has 3 rings (SSSR count). The third-order valence-electron chi connectivity index (χ3n) is 4.58. The highest BCUT2D eigenvalue weighted by Crippen LogP contribution is 2.25. The maximum atomic E-state index is 12.5. The van der Waals surface area contributed by atoms with Crippen molar-refractivity contribution in [3.05, 3.63) is 58.6 Å². The van der Waals surface area contributed by atoms with Gasteiger partial charge in [0.25, 0.3) is 10.1 Å². The van der Waals surface area contributed by atoms with Crippen LogP contribution in [0.1, 0.15) is 12.0 Å². The number of likely N-dealkylation sites (tertiary alicyclic amines) is 1. The van der Waals surface area contributed by atoms with Gasteiger partial charge in [0, 0.05) is 16.7 Å². The molecule has 28 heavy (non-hydrogen) atoms. The summed E-state index contributed by atoms with van der Waals surface area (Å²) in [5.74, 6) is 0. The van der Waals surface area contributed by atoms with Gasteiger partial charge < -0.3 is 15.3 Å². The fraction of sp³-hybridized carbons (Fsp3) is 0.316. The monoisotopic (exact) mass is 468 g/mol. The Hall–Kier alpha value is -2.10. The number of carbonyl (C=O) groups is 1. The molecule has 0 bridgehead atoms. The van der Waals surface area contributed by atoms with Crippen molar-refractivity contribution < 1.29 is 22.5 Å². The summed E-state index contributed by atoms with van der Waals surface area (Å²) in [6.45, 7) is 2.23. The molecular formula is C19H21BrN2O5S. The molecule has 2 unspecified atom stereocenters. The molecule has 1 aliphatic rings. The summed E-state index contributed by atoms with van der Waals surface area (Å²) in [4.78, 5) is 12.9. The van der Waals surface area contributed by atoms with Gasteiger partial charge in [-0.15, -0.1) is 0 Å². The first-order chi connectivity index (χ1) is 13.2. The summed E-state index contributed by atoms with van der Waals surface area (Å²) >= 11 is 3.36. The summed E-state index contributed by atoms with van der Waals surface area (Å²) < 4.78 is 31.3. The Morgan fingerprint density at radius 1 is 1.21 bits per heavy atom. The van der Waals surface area contributed by atoms with Crippen molar-refractivity contribution in [2.45, 2.75) is 30.4 Å². The minimum atomic E-state index is -3.95. The summed E-state index contributed by atoms with van der Waals surface area (Å²) in [5, 5.41) is 12.7. The molecule has 0 spiro atoms. The minimum absolute atomic E-state index is 0.00705. The molecule has 1 aliphatic heterocycles. The number of nitrogens with zero attached hydrogens (tertiary/aromatic N) is 1. The molecule has 0 radical (unpaired) electrons. The normalized spacial score (nSPS) is 19.6. The Morgan fingerprint density at radius 3 is 2.46 bits per heavy atom. The molecular weight excluding hydrogens is 448 g/mol. The summed E-state index contributed by atoms with van der Waals surface area (Å²) in [5.41, 5.74) is 1.79. The molecule has 2 aromatic carbocycles. The molecule has 9 heteroatoms. The van der Waals surface area contributed by atoms with Gasteiger partial charge >= 0.3 is 6.09 Å². The Morgan fingerprint density at radius 2 is 1.86 bits per heavy atom. The second-order valence-corrected chi connectivity index (χ2v) is 9.19. The number of benzene rings is 2. The molecule has 0 aromatic heterocycles. The van der Waals surface area contributed by atoms with Crippen LogP contribution in [-0.2, 0) is 14.3 Å². The Balaban J connectivity index is 1.66. The van der Waals surface area contributed by atoms with Crippen LogP contribution in [0.2, 0.25) is 0 Å². The number of halogens is 1. The van der Waals surface area contributed by atoms with Crippen LogP contribution in [0.3, 0.4) is 0 Å². The predicted octanol–water partition coefficient (Wildman–Crippen LogP) is 3.70. The SMILES string of the molecule is Cc1ccc(S(=O)(=O)OC2CC(CNc3ccc(Br)cc3)N(C(=O)O)C2)cc1. The third kappa shape index (κ3) is 5.03. The molecule has 0 saturated carbocycles. The molecule has 2 aromatic rings. The van der Waals surface area contributed by atoms with Crippen molar-refractivity contribution in [2.24, 2.45) is 0 Å². The maximum Gasteiger partial charge on any atom is 0.407 e. The van der Waals surface area contributed by atoms with Gasteiger partial charge in [0.1, 0.15) is 0 Å². The van der Waals surface area contributed by atoms with Crippen molar-refractivity contribution in [2.75, 3.05) is 18.4 Å². The first-order valence-electron chi connectivity index (χ1n) is 8.73. The van der Waals surface area contributed by atoms with E-state index in [4.69, 9.17) is 4.18 Å². The van der Waals surface area contributed by atoms with E-state index in [0.717, 1.165) is 15.7 Å². The highest BCUT2D eigenvalue weighted by molar-refractivity contribution is 9.10. The quantitative estimate of drug-likeness (QED) is 0.627. The van der Waals surface area contributed by atoms with Crippen LogP contribution in [0.5, 0.6) is 0 Å². The molecule has 0 aliphatic carbocycles. The van der Waals surface area contributed by atoms with Crippen LogP contribution in [0.25, 0.3) is 0 Å². The first-order valence-corrected chi connectivity index (χ1v) is 10.9. The molecule has 150 valence electrons. The van der Waals surface area contributed by atoms with Crippen molar-refractivity contribution in [1.82, 2.24) is 4.90 Å². The van der Waals surface area contributed by atoms with Gasteiger partial charge in [-0.2, -0.15) is 8.42 Å². The first kappa shape index (κ1) is 20.6. The molecule has 7 nitrogen and oxygen atoms in total. The Labute approximate surface area is 172 Å². The Kier molecular flexibility index (Phi) is 6.26. The van der Waals surface area contributed by atoms with E-state index in [1.165, 1.54) is 17.0 Å². The van der Waals surface area contributed by atoms with Gasteiger partial charge in [-0.05, 0) is 49.7 Å². The van der Waals surface area contributed by atoms with Gasteiger partial charge in [0.2, 0.25) is 0 Å². The number of nitrogens with one attached hydrogen (secondary N) is 1. The van der Waals surface area contributed by atoms with Crippen LogP contribution in [0.4, 0.5) is 10.5 Å². The van der Waals surface area contributed by atoms with Gasteiger partial charge in [0.05, 0.1) is 23.6 Å². The lowest BCUT2D eigenvalue weighted by Crippen LogP contribution is -2.38. The maximum absolute atomic E-state index is 12.5. The van der Waals surface area contributed by atoms with Crippen LogP contribution < -0.4 is 5.32 Å². The average molecular weight is 469 g/mol. The molecule has 2 atom stereocenters. The zero-order valence-corrected chi connectivity index (χ0v) is 17.6. The van der Waals surface area contributed by atoms with Crippen molar-refractivity contribution in [3.8, 4) is 0 Å². The largest absolute Gasteiger partial charge is 0.465 e. The van der Waals surface area contributed by atoms with E-state index in [-0.39, 0.29) is 17.5 Å². The second-order valence-electron chi connectivity index (χ2n) is 6.70. The van der Waals surface area contributed by atoms with E-state index in [9.17, 15) is 18.3 Å². The van der Waals surface area contributed by atoms with Gasteiger partial charge in [-0.3, -0.25) is 4.18 Å².